The zero-order valence-electron chi connectivity index (χ0n) is 10.1. The van der Waals surface area contributed by atoms with Gasteiger partial charge in [-0.1, -0.05) is 23.8 Å². The summed E-state index contributed by atoms with van der Waals surface area (Å²) < 4.78 is 0. The van der Waals surface area contributed by atoms with Gasteiger partial charge in [0, 0.05) is 18.3 Å². The second kappa shape index (κ2) is 6.19. The fourth-order valence-corrected chi connectivity index (χ4v) is 2.26. The Morgan fingerprint density at radius 3 is 2.67 bits per heavy atom. The van der Waals surface area contributed by atoms with Gasteiger partial charge in [0.25, 0.3) is 0 Å². The monoisotopic (exact) mass is 223 g/mol. The van der Waals surface area contributed by atoms with Gasteiger partial charge >= 0.3 is 0 Å². The molecular formula is C13H21NS. The maximum absolute atomic E-state index is 3.54. The van der Waals surface area contributed by atoms with Crippen LogP contribution in [0.3, 0.4) is 0 Å². The lowest BCUT2D eigenvalue weighted by Gasteiger charge is -2.14. The van der Waals surface area contributed by atoms with Crippen molar-refractivity contribution < 1.29 is 0 Å². The van der Waals surface area contributed by atoms with Gasteiger partial charge in [-0.15, -0.1) is 0 Å². The summed E-state index contributed by atoms with van der Waals surface area (Å²) in [5.41, 5.74) is 4.14. The number of nitrogens with one attached hydrogen (secondary N) is 1. The molecule has 15 heavy (non-hydrogen) atoms. The molecule has 0 fully saturated rings. The summed E-state index contributed by atoms with van der Waals surface area (Å²) in [7, 11) is 0. The first kappa shape index (κ1) is 12.6. The van der Waals surface area contributed by atoms with Crippen LogP contribution in [0.5, 0.6) is 0 Å². The van der Waals surface area contributed by atoms with Crippen molar-refractivity contribution in [3.05, 3.63) is 34.9 Å². The average Bonchev–Trinajstić information content (AvgIpc) is 2.17. The lowest BCUT2D eigenvalue weighted by Crippen LogP contribution is -2.27. The van der Waals surface area contributed by atoms with E-state index in [1.807, 2.05) is 11.8 Å². The van der Waals surface area contributed by atoms with Crippen molar-refractivity contribution in [2.75, 3.05) is 12.0 Å². The van der Waals surface area contributed by atoms with E-state index in [0.29, 0.717) is 6.04 Å². The molecule has 2 heteroatoms. The van der Waals surface area contributed by atoms with Crippen LogP contribution in [0.25, 0.3) is 0 Å². The van der Waals surface area contributed by atoms with Gasteiger partial charge in [-0.2, -0.15) is 11.8 Å². The summed E-state index contributed by atoms with van der Waals surface area (Å²) in [6, 6.07) is 7.24. The molecule has 0 amide bonds. The van der Waals surface area contributed by atoms with Crippen molar-refractivity contribution in [3.8, 4) is 0 Å². The number of hydrogen-bond acceptors (Lipinski definition) is 2. The zero-order chi connectivity index (χ0) is 11.3. The highest BCUT2D eigenvalue weighted by atomic mass is 32.2. The second-order valence-electron chi connectivity index (χ2n) is 4.17. The van der Waals surface area contributed by atoms with Crippen LogP contribution in [-0.2, 0) is 6.54 Å². The number of benzene rings is 1. The molecular weight excluding hydrogens is 202 g/mol. The molecule has 0 saturated heterocycles. The molecule has 1 nitrogen and oxygen atoms in total. The lowest BCUT2D eigenvalue weighted by molar-refractivity contribution is 0.594. The topological polar surface area (TPSA) is 12.0 Å². The third-order valence-electron chi connectivity index (χ3n) is 2.56. The molecule has 0 saturated carbocycles. The summed E-state index contributed by atoms with van der Waals surface area (Å²) >= 11 is 1.89. The first-order chi connectivity index (χ1) is 7.13. The summed E-state index contributed by atoms with van der Waals surface area (Å²) in [5, 5.41) is 3.54. The third-order valence-corrected chi connectivity index (χ3v) is 3.39. The van der Waals surface area contributed by atoms with E-state index in [0.717, 1.165) is 6.54 Å². The largest absolute Gasteiger partial charge is 0.309 e. The molecule has 0 aromatic heterocycles. The van der Waals surface area contributed by atoms with Crippen LogP contribution in [0.2, 0.25) is 0 Å². The molecule has 1 N–H and O–H groups in total. The van der Waals surface area contributed by atoms with Gasteiger partial charge in [0.2, 0.25) is 0 Å². The van der Waals surface area contributed by atoms with E-state index in [2.05, 4.69) is 50.5 Å². The molecule has 1 aromatic rings. The smallest absolute Gasteiger partial charge is 0.0210 e. The van der Waals surface area contributed by atoms with E-state index in [-0.39, 0.29) is 0 Å². The van der Waals surface area contributed by atoms with Crippen LogP contribution in [0, 0.1) is 13.8 Å². The van der Waals surface area contributed by atoms with E-state index < -0.39 is 0 Å². The number of rotatable bonds is 5. The molecule has 0 bridgehead atoms. The number of aryl methyl sites for hydroxylation is 2. The van der Waals surface area contributed by atoms with Gasteiger partial charge in [-0.3, -0.25) is 0 Å². The van der Waals surface area contributed by atoms with Gasteiger partial charge in [0.05, 0.1) is 0 Å². The van der Waals surface area contributed by atoms with E-state index >= 15 is 0 Å². The van der Waals surface area contributed by atoms with Crippen LogP contribution in [0.15, 0.2) is 18.2 Å². The maximum Gasteiger partial charge on any atom is 0.0210 e. The van der Waals surface area contributed by atoms with Crippen LogP contribution in [-0.4, -0.2) is 18.1 Å². The molecule has 0 radical (unpaired) electrons. The Kier molecular flexibility index (Phi) is 5.20. The van der Waals surface area contributed by atoms with Crippen molar-refractivity contribution in [2.24, 2.45) is 0 Å². The molecule has 0 aliphatic carbocycles. The van der Waals surface area contributed by atoms with Gasteiger partial charge in [-0.05, 0) is 38.2 Å². The van der Waals surface area contributed by atoms with Crippen LogP contribution in [0.1, 0.15) is 23.6 Å². The Labute approximate surface area is 97.7 Å². The van der Waals surface area contributed by atoms with Crippen LogP contribution < -0.4 is 5.32 Å². The fraction of sp³-hybridized carbons (Fsp3) is 0.538. The number of hydrogen-bond donors (Lipinski definition) is 1. The van der Waals surface area contributed by atoms with E-state index in [9.17, 15) is 0 Å². The van der Waals surface area contributed by atoms with Crippen LogP contribution >= 0.6 is 11.8 Å². The zero-order valence-corrected chi connectivity index (χ0v) is 10.9. The highest BCUT2D eigenvalue weighted by Gasteiger charge is 2.02. The van der Waals surface area contributed by atoms with Crippen molar-refractivity contribution in [1.29, 1.82) is 0 Å². The highest BCUT2D eigenvalue weighted by Crippen LogP contribution is 2.10. The van der Waals surface area contributed by atoms with Gasteiger partial charge in [0.1, 0.15) is 0 Å². The van der Waals surface area contributed by atoms with Crippen molar-refractivity contribution in [3.63, 3.8) is 0 Å². The number of thioether (sulfide) groups is 1. The van der Waals surface area contributed by atoms with E-state index in [1.165, 1.54) is 22.4 Å². The minimum absolute atomic E-state index is 0.584. The van der Waals surface area contributed by atoms with E-state index in [1.54, 1.807) is 0 Å². The Balaban J connectivity index is 2.50. The fourth-order valence-electron chi connectivity index (χ4n) is 1.64. The molecule has 1 atom stereocenters. The Morgan fingerprint density at radius 2 is 2.07 bits per heavy atom. The standard InChI is InChI=1S/C13H21NS/c1-10-5-6-13(11(2)7-10)8-14-12(3)9-15-4/h5-7,12,14H,8-9H2,1-4H3. The van der Waals surface area contributed by atoms with Crippen LogP contribution in [0.4, 0.5) is 0 Å². The Bertz CT molecular complexity index is 309. The molecule has 0 aliphatic rings. The predicted molar refractivity (Wildman–Crippen MR) is 70.6 cm³/mol. The van der Waals surface area contributed by atoms with Crippen molar-refractivity contribution in [1.82, 2.24) is 5.32 Å². The van der Waals surface area contributed by atoms with Gasteiger partial charge in [-0.25, -0.2) is 0 Å². The van der Waals surface area contributed by atoms with E-state index in [4.69, 9.17) is 0 Å². The first-order valence-electron chi connectivity index (χ1n) is 5.42. The van der Waals surface area contributed by atoms with Gasteiger partial charge < -0.3 is 5.32 Å². The van der Waals surface area contributed by atoms with Gasteiger partial charge in [0.15, 0.2) is 0 Å². The minimum atomic E-state index is 0.584. The Morgan fingerprint density at radius 1 is 1.33 bits per heavy atom. The summed E-state index contributed by atoms with van der Waals surface area (Å²) in [5.74, 6) is 1.17. The molecule has 1 aromatic carbocycles. The summed E-state index contributed by atoms with van der Waals surface area (Å²) in [4.78, 5) is 0. The molecule has 0 spiro atoms. The summed E-state index contributed by atoms with van der Waals surface area (Å²) in [6.45, 7) is 7.54. The SMILES string of the molecule is CSCC(C)NCc1ccc(C)cc1C. The predicted octanol–water partition coefficient (Wildman–Crippen LogP) is 3.14. The minimum Gasteiger partial charge on any atom is -0.309 e. The highest BCUT2D eigenvalue weighted by molar-refractivity contribution is 7.98. The first-order valence-corrected chi connectivity index (χ1v) is 6.81. The molecule has 1 rings (SSSR count). The lowest BCUT2D eigenvalue weighted by atomic mass is 10.1. The molecule has 0 heterocycles. The quantitative estimate of drug-likeness (QED) is 0.823. The normalized spacial score (nSPS) is 12.8. The molecule has 1 unspecified atom stereocenters. The Hall–Kier alpha value is -0.470. The summed E-state index contributed by atoms with van der Waals surface area (Å²) in [6.07, 6.45) is 2.15. The molecule has 0 aliphatic heterocycles. The second-order valence-corrected chi connectivity index (χ2v) is 5.08. The maximum atomic E-state index is 3.54. The molecule has 84 valence electrons. The third kappa shape index (κ3) is 4.27. The average molecular weight is 223 g/mol. The van der Waals surface area contributed by atoms with Crippen molar-refractivity contribution >= 4 is 11.8 Å². The van der Waals surface area contributed by atoms with Crippen molar-refractivity contribution in [2.45, 2.75) is 33.4 Å².